The molecule has 5 rings (SSSR count). The van der Waals surface area contributed by atoms with Crippen molar-refractivity contribution >= 4 is 17.8 Å². The van der Waals surface area contributed by atoms with Crippen molar-refractivity contribution in [2.75, 3.05) is 26.3 Å². The number of aliphatic imine (C=N–C) groups is 1. The lowest BCUT2D eigenvalue weighted by Gasteiger charge is -2.24. The standard InChI is InChI=1S/C26H28N2O6/c1-5-31-25(29)21-12-15(2)23-20(33-21)14-19-16(13-22(34-19)26(3,4)30)24(23)32-11-10-28-9-7-17-18(28)6-8-27-17/h6-8,12,14,22,30H,2,5,9-11,13H2,1,3-4H3/t22-/m0/s1. The second-order valence-electron chi connectivity index (χ2n) is 9.09. The SMILES string of the molecule is C=C1C=C(C(=O)OCC)Oc2cc3c(c(OCCN4CC=C5N=CC=C54)c21)C[C@@H](C(C)(C)O)O3. The van der Waals surface area contributed by atoms with Gasteiger partial charge in [0.2, 0.25) is 5.76 Å². The van der Waals surface area contributed by atoms with Crippen molar-refractivity contribution < 1.29 is 28.8 Å². The van der Waals surface area contributed by atoms with Crippen LogP contribution in [0, 0.1) is 0 Å². The molecule has 4 heterocycles. The van der Waals surface area contributed by atoms with E-state index in [4.69, 9.17) is 18.9 Å². The Kier molecular flexibility index (Phi) is 5.48. The van der Waals surface area contributed by atoms with Gasteiger partial charge in [-0.05, 0) is 44.6 Å². The third-order valence-electron chi connectivity index (χ3n) is 6.24. The van der Waals surface area contributed by atoms with Crippen LogP contribution < -0.4 is 14.2 Å². The summed E-state index contributed by atoms with van der Waals surface area (Å²) in [6.07, 6.45) is 7.51. The molecule has 1 atom stereocenters. The van der Waals surface area contributed by atoms with Crippen LogP contribution in [0.25, 0.3) is 5.57 Å². The fourth-order valence-corrected chi connectivity index (χ4v) is 4.48. The molecule has 1 N–H and O–H groups in total. The second kappa shape index (κ2) is 8.36. The number of hydrogen-bond donors (Lipinski definition) is 1. The summed E-state index contributed by atoms with van der Waals surface area (Å²) >= 11 is 0. The van der Waals surface area contributed by atoms with Gasteiger partial charge in [0.15, 0.2) is 0 Å². The van der Waals surface area contributed by atoms with E-state index in [1.807, 2.05) is 6.08 Å². The van der Waals surface area contributed by atoms with Gasteiger partial charge in [-0.1, -0.05) is 6.58 Å². The second-order valence-corrected chi connectivity index (χ2v) is 9.09. The first kappa shape index (κ1) is 22.3. The van der Waals surface area contributed by atoms with Gasteiger partial charge in [0.25, 0.3) is 0 Å². The van der Waals surface area contributed by atoms with E-state index in [-0.39, 0.29) is 12.4 Å². The number of nitrogens with zero attached hydrogens (tertiary/aromatic N) is 2. The molecule has 0 bridgehead atoms. The minimum atomic E-state index is -1.05. The number of aliphatic hydroxyl groups is 1. The zero-order valence-electron chi connectivity index (χ0n) is 19.6. The molecule has 178 valence electrons. The predicted molar refractivity (Wildman–Crippen MR) is 127 cm³/mol. The van der Waals surface area contributed by atoms with E-state index >= 15 is 0 Å². The van der Waals surface area contributed by atoms with Gasteiger partial charge >= 0.3 is 5.97 Å². The highest BCUT2D eigenvalue weighted by molar-refractivity contribution is 5.95. The summed E-state index contributed by atoms with van der Waals surface area (Å²) in [5, 5.41) is 10.6. The van der Waals surface area contributed by atoms with Crippen LogP contribution in [0.2, 0.25) is 0 Å². The van der Waals surface area contributed by atoms with Crippen molar-refractivity contribution in [3.8, 4) is 17.2 Å². The molecule has 8 heteroatoms. The molecule has 1 aromatic carbocycles. The lowest BCUT2D eigenvalue weighted by atomic mass is 9.93. The number of ether oxygens (including phenoxy) is 4. The summed E-state index contributed by atoms with van der Waals surface area (Å²) in [6.45, 7) is 11.4. The maximum Gasteiger partial charge on any atom is 0.374 e. The van der Waals surface area contributed by atoms with Crippen LogP contribution in [0.3, 0.4) is 0 Å². The number of benzene rings is 1. The van der Waals surface area contributed by atoms with Crippen LogP contribution >= 0.6 is 0 Å². The van der Waals surface area contributed by atoms with E-state index < -0.39 is 17.7 Å². The van der Waals surface area contributed by atoms with E-state index in [2.05, 4.69) is 22.5 Å². The number of carbonyl (C=O) groups excluding carboxylic acids is 1. The number of esters is 1. The van der Waals surface area contributed by atoms with E-state index in [1.54, 1.807) is 39.1 Å². The lowest BCUT2D eigenvalue weighted by Crippen LogP contribution is -2.39. The van der Waals surface area contributed by atoms with Crippen LogP contribution in [0.4, 0.5) is 0 Å². The van der Waals surface area contributed by atoms with Gasteiger partial charge in [-0.2, -0.15) is 0 Å². The summed E-state index contributed by atoms with van der Waals surface area (Å²) in [5.41, 5.74) is 3.17. The molecule has 0 saturated heterocycles. The summed E-state index contributed by atoms with van der Waals surface area (Å²) in [4.78, 5) is 18.8. The molecule has 34 heavy (non-hydrogen) atoms. The van der Waals surface area contributed by atoms with Crippen molar-refractivity contribution in [1.82, 2.24) is 4.90 Å². The van der Waals surface area contributed by atoms with Gasteiger partial charge in [-0.3, -0.25) is 4.99 Å². The Balaban J connectivity index is 1.43. The first-order valence-electron chi connectivity index (χ1n) is 11.4. The van der Waals surface area contributed by atoms with Crippen LogP contribution in [0.15, 0.2) is 53.0 Å². The molecule has 0 aromatic heterocycles. The number of fused-ring (bicyclic) bond motifs is 3. The Bertz CT molecular complexity index is 1180. The summed E-state index contributed by atoms with van der Waals surface area (Å²) in [6, 6.07) is 1.73. The average molecular weight is 465 g/mol. The Morgan fingerprint density at radius 2 is 2.21 bits per heavy atom. The maximum absolute atomic E-state index is 12.3. The minimum absolute atomic E-state index is 0.0612. The third kappa shape index (κ3) is 3.88. The fourth-order valence-electron chi connectivity index (χ4n) is 4.48. The maximum atomic E-state index is 12.3. The van der Waals surface area contributed by atoms with Crippen LogP contribution in [-0.2, 0) is 16.0 Å². The van der Waals surface area contributed by atoms with Gasteiger partial charge in [-0.25, -0.2) is 4.79 Å². The molecule has 0 amide bonds. The average Bonchev–Trinajstić information content (AvgIpc) is 3.49. The Labute approximate surface area is 198 Å². The largest absolute Gasteiger partial charge is 0.491 e. The van der Waals surface area contributed by atoms with Gasteiger partial charge in [0.1, 0.15) is 30.0 Å². The number of rotatable bonds is 7. The molecule has 0 radical (unpaired) electrons. The molecule has 8 nitrogen and oxygen atoms in total. The number of carbonyl (C=O) groups is 1. The third-order valence-corrected chi connectivity index (χ3v) is 6.24. The van der Waals surface area contributed by atoms with Gasteiger partial charge in [0.05, 0.1) is 35.7 Å². The summed E-state index contributed by atoms with van der Waals surface area (Å²) < 4.78 is 23.4. The minimum Gasteiger partial charge on any atom is -0.491 e. The molecule has 4 aliphatic heterocycles. The van der Waals surface area contributed by atoms with Crippen LogP contribution in [-0.4, -0.2) is 60.2 Å². The first-order valence-corrected chi connectivity index (χ1v) is 11.4. The molecule has 0 fully saturated rings. The molecule has 0 unspecified atom stereocenters. The van der Waals surface area contributed by atoms with E-state index in [9.17, 15) is 9.90 Å². The molecule has 0 aliphatic carbocycles. The highest BCUT2D eigenvalue weighted by Crippen LogP contribution is 2.49. The van der Waals surface area contributed by atoms with Crippen molar-refractivity contribution in [3.05, 3.63) is 59.2 Å². The smallest absolute Gasteiger partial charge is 0.374 e. The molecule has 4 aliphatic rings. The normalized spacial score (nSPS) is 20.0. The number of allylic oxidation sites excluding steroid dienone is 3. The van der Waals surface area contributed by atoms with Crippen molar-refractivity contribution in [1.29, 1.82) is 0 Å². The van der Waals surface area contributed by atoms with Crippen molar-refractivity contribution in [2.45, 2.75) is 38.9 Å². The molecular formula is C26H28N2O6. The molecule has 0 saturated carbocycles. The highest BCUT2D eigenvalue weighted by atomic mass is 16.6. The topological polar surface area (TPSA) is 89.8 Å². The molecular weight excluding hydrogens is 436 g/mol. The van der Waals surface area contributed by atoms with E-state index in [0.29, 0.717) is 48.0 Å². The summed E-state index contributed by atoms with van der Waals surface area (Å²) in [5.74, 6) is 1.09. The Morgan fingerprint density at radius 3 is 2.97 bits per heavy atom. The zero-order valence-corrected chi connectivity index (χ0v) is 19.6. The van der Waals surface area contributed by atoms with Crippen molar-refractivity contribution in [3.63, 3.8) is 0 Å². The molecule has 0 spiro atoms. The van der Waals surface area contributed by atoms with Gasteiger partial charge < -0.3 is 29.0 Å². The highest BCUT2D eigenvalue weighted by Gasteiger charge is 2.39. The van der Waals surface area contributed by atoms with E-state index in [0.717, 1.165) is 23.5 Å². The van der Waals surface area contributed by atoms with Crippen LogP contribution in [0.1, 0.15) is 31.9 Å². The monoisotopic (exact) mass is 464 g/mol. The van der Waals surface area contributed by atoms with Crippen molar-refractivity contribution in [2.24, 2.45) is 4.99 Å². The fraction of sp³-hybridized carbons (Fsp3) is 0.385. The molecule has 1 aromatic rings. The predicted octanol–water partition coefficient (Wildman–Crippen LogP) is 3.16. The van der Waals surface area contributed by atoms with Crippen LogP contribution in [0.5, 0.6) is 17.2 Å². The Morgan fingerprint density at radius 1 is 1.38 bits per heavy atom. The number of hydrogen-bond acceptors (Lipinski definition) is 8. The lowest BCUT2D eigenvalue weighted by molar-refractivity contribution is -0.141. The Hall–Kier alpha value is -3.52. The first-order chi connectivity index (χ1) is 16.3. The quantitative estimate of drug-likeness (QED) is 0.620. The summed E-state index contributed by atoms with van der Waals surface area (Å²) in [7, 11) is 0. The van der Waals surface area contributed by atoms with Gasteiger partial charge in [0, 0.05) is 30.8 Å². The zero-order chi connectivity index (χ0) is 24.0. The van der Waals surface area contributed by atoms with E-state index in [1.165, 1.54) is 0 Å². The van der Waals surface area contributed by atoms with Gasteiger partial charge in [-0.15, -0.1) is 0 Å².